The highest BCUT2D eigenvalue weighted by Crippen LogP contribution is 2.34. The maximum absolute atomic E-state index is 6.56. The van der Waals surface area contributed by atoms with Gasteiger partial charge < -0.3 is 4.74 Å². The minimum Gasteiger partial charge on any atom is -0.376 e. The van der Waals surface area contributed by atoms with Gasteiger partial charge in [-0.05, 0) is 23.1 Å². The Hall–Kier alpha value is -1.12. The Kier molecular flexibility index (Phi) is 3.03. The van der Waals surface area contributed by atoms with Gasteiger partial charge in [-0.1, -0.05) is 38.4 Å². The molecule has 0 aliphatic carbocycles. The van der Waals surface area contributed by atoms with E-state index in [0.717, 1.165) is 40.2 Å². The maximum Gasteiger partial charge on any atom is 0.0749 e. The molecule has 0 fully saturated rings. The van der Waals surface area contributed by atoms with Crippen molar-refractivity contribution in [2.45, 2.75) is 39.2 Å². The lowest BCUT2D eigenvalue weighted by molar-refractivity contribution is 0.109. The minimum atomic E-state index is 0.115. The van der Waals surface area contributed by atoms with Crippen molar-refractivity contribution in [2.75, 3.05) is 6.61 Å². The molecule has 3 heteroatoms. The lowest BCUT2D eigenvalue weighted by atomic mass is 9.86. The second-order valence-corrected chi connectivity index (χ2v) is 6.51. The quantitative estimate of drug-likeness (QED) is 0.717. The van der Waals surface area contributed by atoms with E-state index >= 15 is 0 Å². The van der Waals surface area contributed by atoms with Crippen LogP contribution in [0.4, 0.5) is 0 Å². The number of hydrogen-bond acceptors (Lipinski definition) is 2. The number of benzene rings is 1. The van der Waals surface area contributed by atoms with E-state index in [1.54, 1.807) is 0 Å². The van der Waals surface area contributed by atoms with Gasteiger partial charge in [0.2, 0.25) is 0 Å². The molecule has 1 aromatic carbocycles. The molecule has 1 aliphatic heterocycles. The Labute approximate surface area is 118 Å². The first-order valence-electron chi connectivity index (χ1n) is 6.66. The van der Waals surface area contributed by atoms with Gasteiger partial charge in [-0.2, -0.15) is 0 Å². The zero-order chi connectivity index (χ0) is 13.6. The Morgan fingerprint density at radius 1 is 1.26 bits per heavy atom. The summed E-state index contributed by atoms with van der Waals surface area (Å²) >= 11 is 6.56. The largest absolute Gasteiger partial charge is 0.376 e. The molecule has 0 N–H and O–H groups in total. The van der Waals surface area contributed by atoms with E-state index in [1.807, 2.05) is 0 Å². The van der Waals surface area contributed by atoms with Gasteiger partial charge in [-0.15, -0.1) is 0 Å². The second-order valence-electron chi connectivity index (χ2n) is 6.14. The van der Waals surface area contributed by atoms with Crippen molar-refractivity contribution in [2.24, 2.45) is 0 Å². The number of nitrogens with zero attached hydrogens (tertiary/aromatic N) is 1. The lowest BCUT2D eigenvalue weighted by Gasteiger charge is -2.22. The van der Waals surface area contributed by atoms with Gasteiger partial charge in [0.25, 0.3) is 0 Å². The zero-order valence-electron chi connectivity index (χ0n) is 11.6. The molecule has 0 spiro atoms. The number of aromatic nitrogens is 1. The van der Waals surface area contributed by atoms with Crippen LogP contribution in [-0.2, 0) is 23.2 Å². The number of ether oxygens (including phenoxy) is 1. The van der Waals surface area contributed by atoms with Crippen molar-refractivity contribution in [1.82, 2.24) is 4.98 Å². The predicted octanol–water partition coefficient (Wildman–Crippen LogP) is 4.26. The molecule has 2 nitrogen and oxygen atoms in total. The van der Waals surface area contributed by atoms with Gasteiger partial charge in [-0.25, -0.2) is 0 Å². The first-order valence-corrected chi connectivity index (χ1v) is 7.04. The van der Waals surface area contributed by atoms with E-state index in [0.29, 0.717) is 6.61 Å². The standard InChI is InChI=1S/C16H18ClNO/c1-16(2,3)10-4-5-13-11(8-10)15(17)12-9-19-7-6-14(12)18-13/h4-5,8H,6-7,9H2,1-3H3. The molecule has 0 saturated carbocycles. The van der Waals surface area contributed by atoms with Crippen LogP contribution in [0, 0.1) is 0 Å². The number of halogens is 1. The summed E-state index contributed by atoms with van der Waals surface area (Å²) < 4.78 is 5.50. The highest BCUT2D eigenvalue weighted by Gasteiger charge is 2.19. The molecule has 100 valence electrons. The highest BCUT2D eigenvalue weighted by molar-refractivity contribution is 6.36. The van der Waals surface area contributed by atoms with Crippen molar-refractivity contribution < 1.29 is 4.74 Å². The van der Waals surface area contributed by atoms with Gasteiger partial charge in [-0.3, -0.25) is 4.98 Å². The number of hydrogen-bond donors (Lipinski definition) is 0. The molecular formula is C16H18ClNO. The van der Waals surface area contributed by atoms with Crippen LogP contribution in [0.1, 0.15) is 37.6 Å². The molecule has 2 heterocycles. The molecule has 0 unspecified atom stereocenters. The Bertz CT molecular complexity index is 643. The summed E-state index contributed by atoms with van der Waals surface area (Å²) in [6.45, 7) is 7.93. The molecule has 0 amide bonds. The zero-order valence-corrected chi connectivity index (χ0v) is 12.3. The second kappa shape index (κ2) is 4.46. The molecule has 0 radical (unpaired) electrons. The fraction of sp³-hybridized carbons (Fsp3) is 0.438. The van der Waals surface area contributed by atoms with Crippen molar-refractivity contribution in [3.8, 4) is 0 Å². The van der Waals surface area contributed by atoms with Crippen LogP contribution in [0.3, 0.4) is 0 Å². The molecule has 2 aromatic rings. The summed E-state index contributed by atoms with van der Waals surface area (Å²) in [5.41, 5.74) is 4.53. The predicted molar refractivity (Wildman–Crippen MR) is 78.8 cm³/mol. The molecule has 1 aromatic heterocycles. The third kappa shape index (κ3) is 2.24. The van der Waals surface area contributed by atoms with Crippen molar-refractivity contribution in [1.29, 1.82) is 0 Å². The number of rotatable bonds is 0. The summed E-state index contributed by atoms with van der Waals surface area (Å²) in [6.07, 6.45) is 0.853. The van der Waals surface area contributed by atoms with E-state index in [-0.39, 0.29) is 5.41 Å². The van der Waals surface area contributed by atoms with Crippen molar-refractivity contribution in [3.05, 3.63) is 40.0 Å². The summed E-state index contributed by atoms with van der Waals surface area (Å²) in [4.78, 5) is 4.74. The SMILES string of the molecule is CC(C)(C)c1ccc2nc3c(c(Cl)c2c1)COCC3. The van der Waals surface area contributed by atoms with E-state index in [2.05, 4.69) is 39.0 Å². The highest BCUT2D eigenvalue weighted by atomic mass is 35.5. The Balaban J connectivity index is 2.25. The monoisotopic (exact) mass is 275 g/mol. The normalized spacial score (nSPS) is 15.6. The summed E-state index contributed by atoms with van der Waals surface area (Å²) in [5.74, 6) is 0. The van der Waals surface area contributed by atoms with Gasteiger partial charge in [0, 0.05) is 17.4 Å². The molecule has 0 bridgehead atoms. The van der Waals surface area contributed by atoms with Crippen LogP contribution in [0.5, 0.6) is 0 Å². The fourth-order valence-electron chi connectivity index (χ4n) is 2.47. The van der Waals surface area contributed by atoms with E-state index in [9.17, 15) is 0 Å². The fourth-order valence-corrected chi connectivity index (χ4v) is 2.79. The summed E-state index contributed by atoms with van der Waals surface area (Å²) in [5, 5.41) is 1.85. The van der Waals surface area contributed by atoms with Gasteiger partial charge >= 0.3 is 0 Å². The van der Waals surface area contributed by atoms with Crippen molar-refractivity contribution in [3.63, 3.8) is 0 Å². The maximum atomic E-state index is 6.56. The lowest BCUT2D eigenvalue weighted by Crippen LogP contribution is -2.14. The van der Waals surface area contributed by atoms with E-state index in [4.69, 9.17) is 21.3 Å². The Morgan fingerprint density at radius 3 is 2.79 bits per heavy atom. The Morgan fingerprint density at radius 2 is 2.05 bits per heavy atom. The first kappa shape index (κ1) is 12.9. The van der Waals surface area contributed by atoms with Crippen LogP contribution < -0.4 is 0 Å². The van der Waals surface area contributed by atoms with Crippen LogP contribution in [0.2, 0.25) is 5.02 Å². The molecule has 3 rings (SSSR count). The molecular weight excluding hydrogens is 258 g/mol. The van der Waals surface area contributed by atoms with E-state index in [1.165, 1.54) is 5.56 Å². The third-order valence-electron chi connectivity index (χ3n) is 3.70. The molecule has 0 saturated heterocycles. The van der Waals surface area contributed by atoms with Crippen LogP contribution in [-0.4, -0.2) is 11.6 Å². The average Bonchev–Trinajstić information content (AvgIpc) is 2.37. The third-order valence-corrected chi connectivity index (χ3v) is 4.13. The van der Waals surface area contributed by atoms with Gasteiger partial charge in [0.1, 0.15) is 0 Å². The minimum absolute atomic E-state index is 0.115. The molecule has 0 atom stereocenters. The van der Waals surface area contributed by atoms with Gasteiger partial charge in [0.05, 0.1) is 29.4 Å². The molecule has 19 heavy (non-hydrogen) atoms. The van der Waals surface area contributed by atoms with Gasteiger partial charge in [0.15, 0.2) is 0 Å². The number of pyridine rings is 1. The summed E-state index contributed by atoms with van der Waals surface area (Å²) in [7, 11) is 0. The van der Waals surface area contributed by atoms with Crippen LogP contribution >= 0.6 is 11.6 Å². The first-order chi connectivity index (χ1) is 8.97. The topological polar surface area (TPSA) is 22.1 Å². The average molecular weight is 276 g/mol. The van der Waals surface area contributed by atoms with Crippen LogP contribution in [0.15, 0.2) is 18.2 Å². The summed E-state index contributed by atoms with van der Waals surface area (Å²) in [6, 6.07) is 6.40. The van der Waals surface area contributed by atoms with Crippen molar-refractivity contribution >= 4 is 22.5 Å². The van der Waals surface area contributed by atoms with Crippen LogP contribution in [0.25, 0.3) is 10.9 Å². The number of fused-ring (bicyclic) bond motifs is 2. The van der Waals surface area contributed by atoms with E-state index < -0.39 is 0 Å². The smallest absolute Gasteiger partial charge is 0.0749 e. The molecule has 1 aliphatic rings.